The summed E-state index contributed by atoms with van der Waals surface area (Å²) in [4.78, 5) is 22.6. The number of nitrogens with one attached hydrogen (secondary N) is 2. The molecule has 0 aromatic carbocycles. The second kappa shape index (κ2) is 8.03. The van der Waals surface area contributed by atoms with E-state index in [4.69, 9.17) is 9.47 Å². The maximum absolute atomic E-state index is 11.6. The van der Waals surface area contributed by atoms with Crippen molar-refractivity contribution >= 4 is 11.9 Å². The molecule has 1 unspecified atom stereocenters. The molecule has 1 saturated heterocycles. The normalized spacial score (nSPS) is 19.7. The molecule has 6 heteroatoms. The molecule has 0 aromatic heterocycles. The maximum atomic E-state index is 11.6. The Morgan fingerprint density at radius 3 is 3.00 bits per heavy atom. The van der Waals surface area contributed by atoms with Crippen LogP contribution in [0.4, 0.5) is 0 Å². The minimum absolute atomic E-state index is 0.0754. The molecule has 0 aromatic rings. The number of esters is 1. The molecule has 0 radical (unpaired) electrons. The summed E-state index contributed by atoms with van der Waals surface area (Å²) in [7, 11) is 0. The first kappa shape index (κ1) is 13.9. The molecular weight excluding hydrogens is 224 g/mol. The highest BCUT2D eigenvalue weighted by molar-refractivity contribution is 5.82. The van der Waals surface area contributed by atoms with Crippen molar-refractivity contribution in [2.24, 2.45) is 0 Å². The first-order chi connectivity index (χ1) is 8.24. The van der Waals surface area contributed by atoms with Crippen LogP contribution in [-0.2, 0) is 19.1 Å². The van der Waals surface area contributed by atoms with Crippen LogP contribution in [0.2, 0.25) is 0 Å². The third-order valence-corrected chi connectivity index (χ3v) is 2.40. The van der Waals surface area contributed by atoms with Gasteiger partial charge in [-0.25, -0.2) is 0 Å². The molecule has 1 amide bonds. The average molecular weight is 244 g/mol. The lowest BCUT2D eigenvalue weighted by molar-refractivity contribution is -0.143. The molecule has 0 bridgehead atoms. The summed E-state index contributed by atoms with van der Waals surface area (Å²) < 4.78 is 9.96. The number of morpholine rings is 1. The number of carbonyl (C=O) groups excluding carboxylic acids is 2. The predicted octanol–water partition coefficient (Wildman–Crippen LogP) is -0.566. The first-order valence-electron chi connectivity index (χ1n) is 5.98. The Hall–Kier alpha value is -1.14. The quantitative estimate of drug-likeness (QED) is 0.483. The summed E-state index contributed by atoms with van der Waals surface area (Å²) in [5.74, 6) is -0.297. The Morgan fingerprint density at radius 2 is 2.35 bits per heavy atom. The van der Waals surface area contributed by atoms with Crippen LogP contribution in [-0.4, -0.2) is 50.8 Å². The van der Waals surface area contributed by atoms with Gasteiger partial charge in [-0.15, -0.1) is 0 Å². The zero-order chi connectivity index (χ0) is 12.5. The Balaban J connectivity index is 2.05. The molecule has 17 heavy (non-hydrogen) atoms. The Morgan fingerprint density at radius 1 is 1.53 bits per heavy atom. The highest BCUT2D eigenvalue weighted by Crippen LogP contribution is 1.95. The lowest BCUT2D eigenvalue weighted by Gasteiger charge is -2.22. The number of amides is 1. The zero-order valence-electron chi connectivity index (χ0n) is 10.2. The van der Waals surface area contributed by atoms with E-state index in [0.29, 0.717) is 45.8 Å². The second-order valence-electron chi connectivity index (χ2n) is 3.78. The third-order valence-electron chi connectivity index (χ3n) is 2.40. The maximum Gasteiger partial charge on any atom is 0.305 e. The van der Waals surface area contributed by atoms with Gasteiger partial charge < -0.3 is 20.1 Å². The van der Waals surface area contributed by atoms with Crippen LogP contribution in [0, 0.1) is 0 Å². The number of rotatable bonds is 6. The fraction of sp³-hybridized carbons (Fsp3) is 0.818. The van der Waals surface area contributed by atoms with Crippen LogP contribution in [0.3, 0.4) is 0 Å². The molecule has 1 rings (SSSR count). The molecule has 98 valence electrons. The minimum Gasteiger partial charge on any atom is -0.466 e. The fourth-order valence-corrected chi connectivity index (χ4v) is 1.53. The topological polar surface area (TPSA) is 76.7 Å². The van der Waals surface area contributed by atoms with E-state index in [-0.39, 0.29) is 17.9 Å². The van der Waals surface area contributed by atoms with E-state index in [2.05, 4.69) is 10.6 Å². The molecule has 0 aliphatic carbocycles. The van der Waals surface area contributed by atoms with Gasteiger partial charge >= 0.3 is 5.97 Å². The van der Waals surface area contributed by atoms with Crippen LogP contribution in [0.25, 0.3) is 0 Å². The van der Waals surface area contributed by atoms with Gasteiger partial charge in [0.1, 0.15) is 6.04 Å². The van der Waals surface area contributed by atoms with Crippen molar-refractivity contribution < 1.29 is 19.1 Å². The van der Waals surface area contributed by atoms with Crippen molar-refractivity contribution in [2.75, 3.05) is 32.9 Å². The highest BCUT2D eigenvalue weighted by atomic mass is 16.5. The summed E-state index contributed by atoms with van der Waals surface area (Å²) in [6.45, 7) is 4.40. The van der Waals surface area contributed by atoms with Crippen molar-refractivity contribution in [1.82, 2.24) is 10.6 Å². The minimum atomic E-state index is -0.272. The lowest BCUT2D eigenvalue weighted by atomic mass is 10.2. The molecule has 0 saturated carbocycles. The highest BCUT2D eigenvalue weighted by Gasteiger charge is 2.20. The number of carbonyl (C=O) groups is 2. The van der Waals surface area contributed by atoms with Gasteiger partial charge in [-0.1, -0.05) is 0 Å². The van der Waals surface area contributed by atoms with E-state index < -0.39 is 0 Å². The summed E-state index contributed by atoms with van der Waals surface area (Å²) >= 11 is 0. The molecule has 1 fully saturated rings. The molecular formula is C11H20N2O4. The van der Waals surface area contributed by atoms with Gasteiger partial charge in [0.15, 0.2) is 0 Å². The summed E-state index contributed by atoms with van der Waals surface area (Å²) in [6, 6.07) is -0.272. The van der Waals surface area contributed by atoms with Gasteiger partial charge in [0, 0.05) is 19.5 Å². The van der Waals surface area contributed by atoms with Gasteiger partial charge in [-0.05, 0) is 13.3 Å². The average Bonchev–Trinajstić information content (AvgIpc) is 2.36. The van der Waals surface area contributed by atoms with E-state index in [0.717, 1.165) is 0 Å². The second-order valence-corrected chi connectivity index (χ2v) is 3.78. The Labute approximate surface area is 101 Å². The number of ether oxygens (including phenoxy) is 2. The SMILES string of the molecule is CCOC(=O)CCCNC(=O)C1COCCN1. The van der Waals surface area contributed by atoms with Gasteiger partial charge in [0.2, 0.25) is 5.91 Å². The zero-order valence-corrected chi connectivity index (χ0v) is 10.2. The fourth-order valence-electron chi connectivity index (χ4n) is 1.53. The van der Waals surface area contributed by atoms with Crippen molar-refractivity contribution in [3.63, 3.8) is 0 Å². The van der Waals surface area contributed by atoms with Crippen molar-refractivity contribution in [3.8, 4) is 0 Å². The molecule has 2 N–H and O–H groups in total. The molecule has 0 spiro atoms. The molecule has 6 nitrogen and oxygen atoms in total. The molecule has 1 aliphatic heterocycles. The third kappa shape index (κ3) is 5.65. The predicted molar refractivity (Wildman–Crippen MR) is 61.5 cm³/mol. The lowest BCUT2D eigenvalue weighted by Crippen LogP contribution is -2.51. The Kier molecular flexibility index (Phi) is 6.57. The summed E-state index contributed by atoms with van der Waals surface area (Å²) in [6.07, 6.45) is 0.931. The van der Waals surface area contributed by atoms with Gasteiger partial charge in [0.25, 0.3) is 0 Å². The smallest absolute Gasteiger partial charge is 0.305 e. The number of hydrogen-bond donors (Lipinski definition) is 2. The van der Waals surface area contributed by atoms with Crippen LogP contribution < -0.4 is 10.6 Å². The molecule has 1 heterocycles. The van der Waals surface area contributed by atoms with Crippen LogP contribution in [0.1, 0.15) is 19.8 Å². The van der Waals surface area contributed by atoms with E-state index in [9.17, 15) is 9.59 Å². The monoisotopic (exact) mass is 244 g/mol. The van der Waals surface area contributed by atoms with Crippen molar-refractivity contribution in [2.45, 2.75) is 25.8 Å². The number of hydrogen-bond acceptors (Lipinski definition) is 5. The van der Waals surface area contributed by atoms with Gasteiger partial charge in [0.05, 0.1) is 19.8 Å². The van der Waals surface area contributed by atoms with Gasteiger partial charge in [-0.2, -0.15) is 0 Å². The van der Waals surface area contributed by atoms with Crippen LogP contribution in [0.5, 0.6) is 0 Å². The van der Waals surface area contributed by atoms with E-state index in [1.54, 1.807) is 6.92 Å². The molecule has 1 atom stereocenters. The van der Waals surface area contributed by atoms with E-state index >= 15 is 0 Å². The van der Waals surface area contributed by atoms with Crippen LogP contribution in [0.15, 0.2) is 0 Å². The largest absolute Gasteiger partial charge is 0.466 e. The first-order valence-corrected chi connectivity index (χ1v) is 5.98. The Bertz CT molecular complexity index is 252. The summed E-state index contributed by atoms with van der Waals surface area (Å²) in [5, 5.41) is 5.82. The standard InChI is InChI=1S/C11H20N2O4/c1-2-17-10(14)4-3-5-13-11(15)9-8-16-7-6-12-9/h9,12H,2-8H2,1H3,(H,13,15). The molecule has 1 aliphatic rings. The summed E-state index contributed by atoms with van der Waals surface area (Å²) in [5.41, 5.74) is 0. The van der Waals surface area contributed by atoms with E-state index in [1.165, 1.54) is 0 Å². The van der Waals surface area contributed by atoms with Crippen LogP contribution >= 0.6 is 0 Å². The van der Waals surface area contributed by atoms with Gasteiger partial charge in [-0.3, -0.25) is 9.59 Å². The van der Waals surface area contributed by atoms with Crippen molar-refractivity contribution in [3.05, 3.63) is 0 Å². The van der Waals surface area contributed by atoms with Crippen molar-refractivity contribution in [1.29, 1.82) is 0 Å². The van der Waals surface area contributed by atoms with E-state index in [1.807, 2.05) is 0 Å².